The highest BCUT2D eigenvalue weighted by atomic mass is 16.4. The summed E-state index contributed by atoms with van der Waals surface area (Å²) >= 11 is 0. The Morgan fingerprint density at radius 1 is 0.914 bits per heavy atom. The molecule has 0 aromatic rings. The minimum atomic E-state index is -0.584. The summed E-state index contributed by atoms with van der Waals surface area (Å²) in [6.07, 6.45) is 12.5. The van der Waals surface area contributed by atoms with Crippen molar-refractivity contribution in [1.82, 2.24) is 0 Å². The number of allylic oxidation sites excluding steroid dienone is 2. The van der Waals surface area contributed by atoms with E-state index >= 15 is 0 Å². The van der Waals surface area contributed by atoms with E-state index in [1.54, 1.807) is 0 Å². The van der Waals surface area contributed by atoms with Crippen molar-refractivity contribution >= 4 is 5.97 Å². The number of aliphatic hydroxyl groups is 2. The van der Waals surface area contributed by atoms with Gasteiger partial charge in [0, 0.05) is 13.2 Å². The number of fused-ring (bicyclic) bond motifs is 7. The number of rotatable bonds is 3. The fraction of sp³-hybridized carbons (Fsp3) is 0.903. The molecule has 0 radical (unpaired) electrons. The molecule has 0 amide bonds. The summed E-state index contributed by atoms with van der Waals surface area (Å²) in [4.78, 5) is 12.8. The van der Waals surface area contributed by atoms with Gasteiger partial charge < -0.3 is 15.3 Å². The Kier molecular flexibility index (Phi) is 5.76. The highest BCUT2D eigenvalue weighted by Gasteiger charge is 2.69. The van der Waals surface area contributed by atoms with E-state index in [1.807, 2.05) is 0 Å². The van der Waals surface area contributed by atoms with Crippen molar-refractivity contribution in [2.24, 2.45) is 56.2 Å². The van der Waals surface area contributed by atoms with Crippen molar-refractivity contribution in [3.63, 3.8) is 0 Å². The standard InChI is InChI=1S/C31H50O4/c1-26(2)13-15-31(25(34)35)16-14-29(5)21(22(31)17-26)7-8-24-27(3)11-9-20(18-32)28(4,19-33)23(27)10-12-30(24,29)6/h7,20,22-24,32-33H,8-19H2,1-6H3,(H,34,35)/t20-,22?,23?,24?,27+,28-,29-,30-,31+/m1/s1. The maximum absolute atomic E-state index is 12.8. The lowest BCUT2D eigenvalue weighted by Crippen LogP contribution is -2.65. The summed E-state index contributed by atoms with van der Waals surface area (Å²) in [5, 5.41) is 31.3. The molecular weight excluding hydrogens is 436 g/mol. The molecule has 0 aromatic carbocycles. The monoisotopic (exact) mass is 486 g/mol. The van der Waals surface area contributed by atoms with E-state index in [0.29, 0.717) is 11.8 Å². The van der Waals surface area contributed by atoms with Gasteiger partial charge in [-0.2, -0.15) is 0 Å². The molecule has 0 spiro atoms. The molecule has 3 unspecified atom stereocenters. The maximum Gasteiger partial charge on any atom is 0.310 e. The second-order valence-corrected chi connectivity index (χ2v) is 15.3. The third-order valence-corrected chi connectivity index (χ3v) is 13.6. The zero-order valence-corrected chi connectivity index (χ0v) is 23.1. The van der Waals surface area contributed by atoms with E-state index in [1.165, 1.54) is 5.57 Å². The smallest absolute Gasteiger partial charge is 0.310 e. The molecule has 4 heteroatoms. The van der Waals surface area contributed by atoms with E-state index in [0.717, 1.165) is 64.2 Å². The van der Waals surface area contributed by atoms with Gasteiger partial charge in [0.1, 0.15) is 0 Å². The Morgan fingerprint density at radius 3 is 2.23 bits per heavy atom. The van der Waals surface area contributed by atoms with Crippen LogP contribution in [0.5, 0.6) is 0 Å². The van der Waals surface area contributed by atoms with E-state index in [9.17, 15) is 20.1 Å². The lowest BCUT2D eigenvalue weighted by molar-refractivity contribution is -0.208. The quantitative estimate of drug-likeness (QED) is 0.400. The first-order chi connectivity index (χ1) is 16.2. The first-order valence-corrected chi connectivity index (χ1v) is 14.4. The van der Waals surface area contributed by atoms with Crippen LogP contribution >= 0.6 is 0 Å². The summed E-state index contributed by atoms with van der Waals surface area (Å²) < 4.78 is 0. The predicted molar refractivity (Wildman–Crippen MR) is 139 cm³/mol. The molecule has 5 rings (SSSR count). The van der Waals surface area contributed by atoms with Crippen LogP contribution in [0.3, 0.4) is 0 Å². The maximum atomic E-state index is 12.8. The Bertz CT molecular complexity index is 923. The zero-order valence-electron chi connectivity index (χ0n) is 23.1. The molecule has 0 aliphatic heterocycles. The van der Waals surface area contributed by atoms with Crippen molar-refractivity contribution in [2.45, 2.75) is 106 Å². The molecule has 4 saturated carbocycles. The lowest BCUT2D eigenvalue weighted by atomic mass is 9.33. The third-order valence-electron chi connectivity index (χ3n) is 13.6. The highest BCUT2D eigenvalue weighted by molar-refractivity contribution is 5.76. The van der Waals surface area contributed by atoms with Gasteiger partial charge in [-0.15, -0.1) is 0 Å². The molecule has 0 aromatic heterocycles. The van der Waals surface area contributed by atoms with Crippen LogP contribution in [0.2, 0.25) is 0 Å². The van der Waals surface area contributed by atoms with Crippen LogP contribution in [0.25, 0.3) is 0 Å². The Hall–Kier alpha value is -0.870. The number of carboxylic acids is 1. The van der Waals surface area contributed by atoms with Gasteiger partial charge in [0.25, 0.3) is 0 Å². The molecule has 198 valence electrons. The largest absolute Gasteiger partial charge is 0.481 e. The molecule has 5 aliphatic rings. The molecule has 9 atom stereocenters. The summed E-state index contributed by atoms with van der Waals surface area (Å²) in [5.74, 6) is 0.707. The van der Waals surface area contributed by atoms with Crippen LogP contribution in [0.15, 0.2) is 11.6 Å². The molecule has 0 heterocycles. The number of carboxylic acid groups (broad SMARTS) is 1. The van der Waals surface area contributed by atoms with Gasteiger partial charge in [-0.25, -0.2) is 0 Å². The zero-order chi connectivity index (χ0) is 25.7. The van der Waals surface area contributed by atoms with Crippen molar-refractivity contribution in [3.05, 3.63) is 11.6 Å². The van der Waals surface area contributed by atoms with Crippen LogP contribution in [0.1, 0.15) is 106 Å². The Balaban J connectivity index is 1.59. The molecule has 0 saturated heterocycles. The van der Waals surface area contributed by atoms with Crippen molar-refractivity contribution in [1.29, 1.82) is 0 Å². The Morgan fingerprint density at radius 2 is 1.60 bits per heavy atom. The minimum Gasteiger partial charge on any atom is -0.481 e. The first-order valence-electron chi connectivity index (χ1n) is 14.4. The molecule has 0 bridgehead atoms. The summed E-state index contributed by atoms with van der Waals surface area (Å²) in [6, 6.07) is 0. The van der Waals surface area contributed by atoms with Gasteiger partial charge in [-0.05, 0) is 115 Å². The number of hydrogen-bond donors (Lipinski definition) is 3. The molecule has 35 heavy (non-hydrogen) atoms. The number of aliphatic hydroxyl groups excluding tert-OH is 2. The molecule has 4 nitrogen and oxygen atoms in total. The van der Waals surface area contributed by atoms with Gasteiger partial charge in [0.05, 0.1) is 5.41 Å². The van der Waals surface area contributed by atoms with E-state index in [2.05, 4.69) is 47.6 Å². The minimum absolute atomic E-state index is 0.0321. The van der Waals surface area contributed by atoms with E-state index in [-0.39, 0.29) is 52.1 Å². The lowest BCUT2D eigenvalue weighted by Gasteiger charge is -2.71. The summed E-state index contributed by atoms with van der Waals surface area (Å²) in [6.45, 7) is 14.8. The van der Waals surface area contributed by atoms with Crippen molar-refractivity contribution in [2.75, 3.05) is 13.2 Å². The SMILES string of the molecule is CC1(C)CC[C@]2(C(=O)O)CC[C@]3(C)C(=CCC4[C@@]5(C)CC[C@H](CO)[C@@](C)(CO)C5CC[C@]43C)C2C1. The average Bonchev–Trinajstić information content (AvgIpc) is 2.79. The van der Waals surface area contributed by atoms with Gasteiger partial charge >= 0.3 is 5.97 Å². The number of aliphatic carboxylic acids is 1. The van der Waals surface area contributed by atoms with Crippen LogP contribution in [-0.4, -0.2) is 34.5 Å². The molecular formula is C31H50O4. The summed E-state index contributed by atoms with van der Waals surface area (Å²) in [5.41, 5.74) is 1.16. The normalized spacial score (nSPS) is 52.9. The number of hydrogen-bond acceptors (Lipinski definition) is 3. The highest BCUT2D eigenvalue weighted by Crippen LogP contribution is 2.76. The van der Waals surface area contributed by atoms with Crippen LogP contribution < -0.4 is 0 Å². The predicted octanol–water partition coefficient (Wildman–Crippen LogP) is 6.45. The third kappa shape index (κ3) is 3.14. The second-order valence-electron chi connectivity index (χ2n) is 15.3. The van der Waals surface area contributed by atoms with Gasteiger partial charge in [0.2, 0.25) is 0 Å². The molecule has 4 fully saturated rings. The fourth-order valence-electron chi connectivity index (χ4n) is 11.1. The van der Waals surface area contributed by atoms with E-state index < -0.39 is 11.4 Å². The van der Waals surface area contributed by atoms with Crippen LogP contribution in [-0.2, 0) is 4.79 Å². The topological polar surface area (TPSA) is 77.8 Å². The van der Waals surface area contributed by atoms with Crippen LogP contribution in [0, 0.1) is 56.2 Å². The van der Waals surface area contributed by atoms with E-state index in [4.69, 9.17) is 0 Å². The first kappa shape index (κ1) is 25.8. The molecule has 3 N–H and O–H groups in total. The van der Waals surface area contributed by atoms with Crippen molar-refractivity contribution in [3.8, 4) is 0 Å². The Labute approximate surface area is 213 Å². The number of carbonyl (C=O) groups is 1. The fourth-order valence-corrected chi connectivity index (χ4v) is 11.1. The average molecular weight is 487 g/mol. The van der Waals surface area contributed by atoms with Crippen LogP contribution in [0.4, 0.5) is 0 Å². The van der Waals surface area contributed by atoms with Crippen molar-refractivity contribution < 1.29 is 20.1 Å². The molecule has 5 aliphatic carbocycles. The van der Waals surface area contributed by atoms with Gasteiger partial charge in [0.15, 0.2) is 0 Å². The summed E-state index contributed by atoms with van der Waals surface area (Å²) in [7, 11) is 0. The van der Waals surface area contributed by atoms with Gasteiger partial charge in [-0.1, -0.05) is 53.2 Å². The second kappa shape index (κ2) is 7.82. The van der Waals surface area contributed by atoms with Gasteiger partial charge in [-0.3, -0.25) is 4.79 Å².